The standard InChI is InChI=1S/C25H40O4/c1-2-3-4-5-6-7-8-9-10-11-12-13-17-20-24(26)28-21-22-29-25(27)23-18-15-14-16-19-23/h14-16,18-19H,2-13,17,20-22H2,1H3. The molecule has 1 aromatic carbocycles. The van der Waals surface area contributed by atoms with Crippen LogP contribution in [0.25, 0.3) is 0 Å². The molecule has 0 unspecified atom stereocenters. The molecule has 0 saturated carbocycles. The number of esters is 2. The fourth-order valence-corrected chi connectivity index (χ4v) is 3.31. The Morgan fingerprint density at radius 2 is 1.14 bits per heavy atom. The van der Waals surface area contributed by atoms with Crippen LogP contribution in [0, 0.1) is 0 Å². The highest BCUT2D eigenvalue weighted by Gasteiger charge is 2.07. The van der Waals surface area contributed by atoms with Gasteiger partial charge in [0.25, 0.3) is 0 Å². The van der Waals surface area contributed by atoms with Crippen LogP contribution in [0.5, 0.6) is 0 Å². The van der Waals surface area contributed by atoms with E-state index in [4.69, 9.17) is 9.47 Å². The van der Waals surface area contributed by atoms with Crippen molar-refractivity contribution in [3.63, 3.8) is 0 Å². The summed E-state index contributed by atoms with van der Waals surface area (Å²) in [4.78, 5) is 23.4. The van der Waals surface area contributed by atoms with E-state index < -0.39 is 5.97 Å². The summed E-state index contributed by atoms with van der Waals surface area (Å²) in [6, 6.07) is 8.81. The number of ether oxygens (including phenoxy) is 2. The van der Waals surface area contributed by atoms with Crippen molar-refractivity contribution in [1.82, 2.24) is 0 Å². The summed E-state index contributed by atoms with van der Waals surface area (Å²) in [6.45, 7) is 2.48. The Balaban J connectivity index is 1.83. The fraction of sp³-hybridized carbons (Fsp3) is 0.680. The van der Waals surface area contributed by atoms with Gasteiger partial charge in [-0.1, -0.05) is 102 Å². The molecule has 4 heteroatoms. The van der Waals surface area contributed by atoms with Crippen LogP contribution in [0.15, 0.2) is 30.3 Å². The van der Waals surface area contributed by atoms with Crippen LogP contribution in [-0.2, 0) is 14.3 Å². The number of carbonyl (C=O) groups excluding carboxylic acids is 2. The number of unbranched alkanes of at least 4 members (excludes halogenated alkanes) is 12. The third-order valence-corrected chi connectivity index (χ3v) is 5.07. The summed E-state index contributed by atoms with van der Waals surface area (Å²) in [5.74, 6) is -0.595. The van der Waals surface area contributed by atoms with Gasteiger partial charge in [0.15, 0.2) is 0 Å². The second-order valence-electron chi connectivity index (χ2n) is 7.72. The molecule has 0 fully saturated rings. The van der Waals surface area contributed by atoms with Gasteiger partial charge in [0, 0.05) is 6.42 Å². The van der Waals surface area contributed by atoms with E-state index in [2.05, 4.69) is 6.92 Å². The van der Waals surface area contributed by atoms with Crippen molar-refractivity contribution in [3.05, 3.63) is 35.9 Å². The molecule has 0 bridgehead atoms. The van der Waals surface area contributed by atoms with E-state index in [1.54, 1.807) is 24.3 Å². The normalized spacial score (nSPS) is 10.7. The summed E-state index contributed by atoms with van der Waals surface area (Å²) in [7, 11) is 0. The molecule has 1 rings (SSSR count). The lowest BCUT2D eigenvalue weighted by Crippen LogP contribution is -2.13. The second-order valence-corrected chi connectivity index (χ2v) is 7.72. The molecular formula is C25H40O4. The van der Waals surface area contributed by atoms with Crippen molar-refractivity contribution >= 4 is 11.9 Å². The van der Waals surface area contributed by atoms with Crippen LogP contribution < -0.4 is 0 Å². The molecule has 0 aliphatic rings. The monoisotopic (exact) mass is 404 g/mol. The zero-order chi connectivity index (χ0) is 21.0. The lowest BCUT2D eigenvalue weighted by Gasteiger charge is -2.06. The predicted molar refractivity (Wildman–Crippen MR) is 118 cm³/mol. The zero-order valence-electron chi connectivity index (χ0n) is 18.3. The Kier molecular flexibility index (Phi) is 15.8. The van der Waals surface area contributed by atoms with Gasteiger partial charge in [-0.25, -0.2) is 4.79 Å². The van der Waals surface area contributed by atoms with Gasteiger partial charge < -0.3 is 9.47 Å². The van der Waals surface area contributed by atoms with Crippen molar-refractivity contribution in [1.29, 1.82) is 0 Å². The maximum atomic E-state index is 11.7. The SMILES string of the molecule is CCCCCCCCCCCCCCCC(=O)OCCOC(=O)c1ccccc1. The van der Waals surface area contributed by atoms with Crippen molar-refractivity contribution < 1.29 is 19.1 Å². The molecule has 0 amide bonds. The Bertz CT molecular complexity index is 527. The summed E-state index contributed by atoms with van der Waals surface area (Å²) in [6.07, 6.45) is 17.2. The van der Waals surface area contributed by atoms with Gasteiger partial charge in [-0.15, -0.1) is 0 Å². The molecule has 1 aromatic rings. The van der Waals surface area contributed by atoms with Crippen LogP contribution in [0.3, 0.4) is 0 Å². The molecule has 0 atom stereocenters. The molecule has 0 heterocycles. The lowest BCUT2D eigenvalue weighted by atomic mass is 10.0. The number of hydrogen-bond donors (Lipinski definition) is 0. The van der Waals surface area contributed by atoms with E-state index in [0.29, 0.717) is 12.0 Å². The molecule has 0 aromatic heterocycles. The largest absolute Gasteiger partial charge is 0.462 e. The minimum Gasteiger partial charge on any atom is -0.462 e. The van der Waals surface area contributed by atoms with Gasteiger partial charge in [0.1, 0.15) is 13.2 Å². The van der Waals surface area contributed by atoms with Crippen LogP contribution in [-0.4, -0.2) is 25.2 Å². The smallest absolute Gasteiger partial charge is 0.338 e. The van der Waals surface area contributed by atoms with Gasteiger partial charge in [0.05, 0.1) is 5.56 Å². The highest BCUT2D eigenvalue weighted by molar-refractivity contribution is 5.89. The number of rotatable bonds is 18. The quantitative estimate of drug-likeness (QED) is 0.198. The van der Waals surface area contributed by atoms with E-state index in [1.165, 1.54) is 70.6 Å². The Hall–Kier alpha value is -1.84. The lowest BCUT2D eigenvalue weighted by molar-refractivity contribution is -0.144. The minimum absolute atomic E-state index is 0.0953. The average molecular weight is 405 g/mol. The highest BCUT2D eigenvalue weighted by Crippen LogP contribution is 2.13. The van der Waals surface area contributed by atoms with E-state index in [9.17, 15) is 9.59 Å². The summed E-state index contributed by atoms with van der Waals surface area (Å²) < 4.78 is 10.2. The van der Waals surface area contributed by atoms with Crippen molar-refractivity contribution in [3.8, 4) is 0 Å². The molecular weight excluding hydrogens is 364 g/mol. The van der Waals surface area contributed by atoms with Crippen molar-refractivity contribution in [2.75, 3.05) is 13.2 Å². The minimum atomic E-state index is -0.391. The average Bonchev–Trinajstić information content (AvgIpc) is 2.75. The first-order valence-electron chi connectivity index (χ1n) is 11.6. The molecule has 0 aliphatic carbocycles. The predicted octanol–water partition coefficient (Wildman–Crippen LogP) is 6.87. The first-order chi connectivity index (χ1) is 14.2. The van der Waals surface area contributed by atoms with Crippen LogP contribution >= 0.6 is 0 Å². The van der Waals surface area contributed by atoms with Gasteiger partial charge in [-0.3, -0.25) is 4.79 Å². The van der Waals surface area contributed by atoms with E-state index in [1.807, 2.05) is 6.07 Å². The number of hydrogen-bond acceptors (Lipinski definition) is 4. The van der Waals surface area contributed by atoms with E-state index >= 15 is 0 Å². The van der Waals surface area contributed by atoms with Crippen LogP contribution in [0.4, 0.5) is 0 Å². The first kappa shape index (κ1) is 25.2. The molecule has 0 aliphatic heterocycles. The van der Waals surface area contributed by atoms with Crippen LogP contribution in [0.2, 0.25) is 0 Å². The molecule has 0 saturated heterocycles. The highest BCUT2D eigenvalue weighted by atomic mass is 16.6. The molecule has 164 valence electrons. The van der Waals surface area contributed by atoms with Gasteiger partial charge in [0.2, 0.25) is 0 Å². The van der Waals surface area contributed by atoms with Gasteiger partial charge in [-0.05, 0) is 18.6 Å². The number of carbonyl (C=O) groups is 2. The molecule has 4 nitrogen and oxygen atoms in total. The van der Waals surface area contributed by atoms with E-state index in [-0.39, 0.29) is 19.2 Å². The van der Waals surface area contributed by atoms with E-state index in [0.717, 1.165) is 12.8 Å². The second kappa shape index (κ2) is 18.2. The summed E-state index contributed by atoms with van der Waals surface area (Å²) in [5, 5.41) is 0. The van der Waals surface area contributed by atoms with Gasteiger partial charge >= 0.3 is 11.9 Å². The zero-order valence-corrected chi connectivity index (χ0v) is 18.3. The summed E-state index contributed by atoms with van der Waals surface area (Å²) in [5.41, 5.74) is 0.505. The summed E-state index contributed by atoms with van der Waals surface area (Å²) >= 11 is 0. The van der Waals surface area contributed by atoms with Crippen LogP contribution in [0.1, 0.15) is 107 Å². The fourth-order valence-electron chi connectivity index (χ4n) is 3.31. The maximum Gasteiger partial charge on any atom is 0.338 e. The van der Waals surface area contributed by atoms with Gasteiger partial charge in [-0.2, -0.15) is 0 Å². The Labute approximate surface area is 177 Å². The maximum absolute atomic E-state index is 11.7. The number of benzene rings is 1. The molecule has 0 radical (unpaired) electrons. The molecule has 0 spiro atoms. The molecule has 29 heavy (non-hydrogen) atoms. The van der Waals surface area contributed by atoms with Crippen molar-refractivity contribution in [2.45, 2.75) is 96.8 Å². The molecule has 0 N–H and O–H groups in total. The third-order valence-electron chi connectivity index (χ3n) is 5.07. The van der Waals surface area contributed by atoms with Crippen molar-refractivity contribution in [2.24, 2.45) is 0 Å². The topological polar surface area (TPSA) is 52.6 Å². The Morgan fingerprint density at radius 3 is 1.69 bits per heavy atom. The Morgan fingerprint density at radius 1 is 0.655 bits per heavy atom. The first-order valence-corrected chi connectivity index (χ1v) is 11.6. The third kappa shape index (κ3) is 14.8.